The van der Waals surface area contributed by atoms with Crippen LogP contribution in [-0.2, 0) is 24.3 Å². The number of sulfonamides is 1. The summed E-state index contributed by atoms with van der Waals surface area (Å²) in [6.07, 6.45) is -0.230. The molecule has 8 heteroatoms. The third-order valence-electron chi connectivity index (χ3n) is 1.71. The van der Waals surface area contributed by atoms with Gasteiger partial charge in [-0.2, -0.15) is 0 Å². The van der Waals surface area contributed by atoms with E-state index in [4.69, 9.17) is 5.11 Å². The van der Waals surface area contributed by atoms with Crippen LogP contribution in [0.2, 0.25) is 0 Å². The van der Waals surface area contributed by atoms with Crippen molar-refractivity contribution in [3.05, 3.63) is 0 Å². The molecular formula is C8H15NO6S. The van der Waals surface area contributed by atoms with Crippen molar-refractivity contribution in [2.24, 2.45) is 0 Å². The highest BCUT2D eigenvalue weighted by Crippen LogP contribution is 1.97. The number of hydrogen-bond acceptors (Lipinski definition) is 5. The van der Waals surface area contributed by atoms with Gasteiger partial charge in [-0.05, 0) is 13.3 Å². The Kier molecular flexibility index (Phi) is 5.97. The smallest absolute Gasteiger partial charge is 0.323 e. The highest BCUT2D eigenvalue weighted by molar-refractivity contribution is 7.89. The molecule has 0 aromatic heterocycles. The lowest BCUT2D eigenvalue weighted by Gasteiger charge is -2.11. The standard InChI is InChI=1S/C8H15NO6S/c1-6(8(12)15-2)9-16(13,14)5-3-4-7(10)11/h6,9H,3-5H2,1-2H3,(H,10,11)/t6-/m0/s1. The first kappa shape index (κ1) is 14.8. The number of carbonyl (C=O) groups excluding carboxylic acids is 1. The van der Waals surface area contributed by atoms with Gasteiger partial charge in [0, 0.05) is 6.42 Å². The maximum atomic E-state index is 11.3. The summed E-state index contributed by atoms with van der Waals surface area (Å²) < 4.78 is 29.1. The number of aliphatic carboxylic acids is 1. The van der Waals surface area contributed by atoms with Crippen LogP contribution < -0.4 is 4.72 Å². The van der Waals surface area contributed by atoms with Crippen molar-refractivity contribution < 1.29 is 27.9 Å². The summed E-state index contributed by atoms with van der Waals surface area (Å²) in [5, 5.41) is 8.33. The third kappa shape index (κ3) is 6.36. The topological polar surface area (TPSA) is 110 Å². The van der Waals surface area contributed by atoms with Crippen LogP contribution in [0, 0.1) is 0 Å². The van der Waals surface area contributed by atoms with Crippen molar-refractivity contribution >= 4 is 22.0 Å². The second-order valence-corrected chi connectivity index (χ2v) is 5.05. The number of esters is 1. The molecule has 1 atom stereocenters. The second-order valence-electron chi connectivity index (χ2n) is 3.18. The molecule has 2 N–H and O–H groups in total. The summed E-state index contributed by atoms with van der Waals surface area (Å²) in [6.45, 7) is 1.35. The molecule has 0 aromatic rings. The van der Waals surface area contributed by atoms with E-state index < -0.39 is 28.0 Å². The molecule has 0 radical (unpaired) electrons. The third-order valence-corrected chi connectivity index (χ3v) is 3.25. The number of carboxylic acid groups (broad SMARTS) is 1. The first-order valence-corrected chi connectivity index (χ1v) is 6.23. The first-order valence-electron chi connectivity index (χ1n) is 4.58. The van der Waals surface area contributed by atoms with Crippen molar-refractivity contribution in [1.29, 1.82) is 0 Å². The van der Waals surface area contributed by atoms with Gasteiger partial charge in [-0.1, -0.05) is 0 Å². The van der Waals surface area contributed by atoms with Crippen LogP contribution in [0.5, 0.6) is 0 Å². The molecule has 0 bridgehead atoms. The van der Waals surface area contributed by atoms with E-state index in [1.54, 1.807) is 0 Å². The Bertz CT molecular complexity index is 350. The van der Waals surface area contributed by atoms with Gasteiger partial charge in [0.1, 0.15) is 6.04 Å². The number of hydrogen-bond donors (Lipinski definition) is 2. The van der Waals surface area contributed by atoms with Crippen molar-refractivity contribution in [1.82, 2.24) is 4.72 Å². The molecule has 0 fully saturated rings. The lowest BCUT2D eigenvalue weighted by Crippen LogP contribution is -2.40. The Morgan fingerprint density at radius 1 is 1.44 bits per heavy atom. The Labute approximate surface area is 93.8 Å². The number of methoxy groups -OCH3 is 1. The molecule has 0 heterocycles. The number of carboxylic acids is 1. The van der Waals surface area contributed by atoms with E-state index in [0.29, 0.717) is 0 Å². The van der Waals surface area contributed by atoms with Gasteiger partial charge < -0.3 is 9.84 Å². The van der Waals surface area contributed by atoms with E-state index in [1.165, 1.54) is 6.92 Å². The van der Waals surface area contributed by atoms with Crippen molar-refractivity contribution in [3.63, 3.8) is 0 Å². The summed E-state index contributed by atoms with van der Waals surface area (Å²) in [5.41, 5.74) is 0. The van der Waals surface area contributed by atoms with Crippen LogP contribution in [0.4, 0.5) is 0 Å². The van der Waals surface area contributed by atoms with E-state index in [2.05, 4.69) is 9.46 Å². The van der Waals surface area contributed by atoms with E-state index in [9.17, 15) is 18.0 Å². The fourth-order valence-electron chi connectivity index (χ4n) is 0.967. The van der Waals surface area contributed by atoms with Gasteiger partial charge in [-0.3, -0.25) is 9.59 Å². The molecule has 0 unspecified atom stereocenters. The average molecular weight is 253 g/mol. The van der Waals surface area contributed by atoms with Crippen molar-refractivity contribution in [3.8, 4) is 0 Å². The molecule has 0 aromatic carbocycles. The number of ether oxygens (including phenoxy) is 1. The summed E-state index contributed by atoms with van der Waals surface area (Å²) in [5.74, 6) is -2.08. The minimum atomic E-state index is -3.65. The van der Waals surface area contributed by atoms with Gasteiger partial charge in [0.15, 0.2) is 0 Å². The zero-order chi connectivity index (χ0) is 12.8. The van der Waals surface area contributed by atoms with E-state index in [1.807, 2.05) is 0 Å². The Morgan fingerprint density at radius 3 is 2.44 bits per heavy atom. The molecule has 0 rings (SSSR count). The van der Waals surface area contributed by atoms with Gasteiger partial charge >= 0.3 is 11.9 Å². The van der Waals surface area contributed by atoms with Gasteiger partial charge in [-0.15, -0.1) is 0 Å². The highest BCUT2D eigenvalue weighted by atomic mass is 32.2. The molecular weight excluding hydrogens is 238 g/mol. The first-order chi connectivity index (χ1) is 7.28. The van der Waals surface area contributed by atoms with Crippen LogP contribution in [0.25, 0.3) is 0 Å². The average Bonchev–Trinajstić information content (AvgIpc) is 2.14. The maximum Gasteiger partial charge on any atom is 0.323 e. The van der Waals surface area contributed by atoms with Gasteiger partial charge in [-0.25, -0.2) is 13.1 Å². The van der Waals surface area contributed by atoms with E-state index in [0.717, 1.165) is 7.11 Å². The fraction of sp³-hybridized carbons (Fsp3) is 0.750. The van der Waals surface area contributed by atoms with Crippen molar-refractivity contribution in [2.45, 2.75) is 25.8 Å². The van der Waals surface area contributed by atoms with Crippen molar-refractivity contribution in [2.75, 3.05) is 12.9 Å². The minimum absolute atomic E-state index is 0.00143. The Hall–Kier alpha value is -1.15. The van der Waals surface area contributed by atoms with Crippen LogP contribution in [-0.4, -0.2) is 44.4 Å². The van der Waals surface area contributed by atoms with Crippen LogP contribution in [0.15, 0.2) is 0 Å². The molecule has 7 nitrogen and oxygen atoms in total. The largest absolute Gasteiger partial charge is 0.481 e. The number of nitrogens with one attached hydrogen (secondary N) is 1. The van der Waals surface area contributed by atoms with Gasteiger partial charge in [0.05, 0.1) is 12.9 Å². The zero-order valence-corrected chi connectivity index (χ0v) is 9.91. The normalized spacial score (nSPS) is 13.1. The summed E-state index contributed by atoms with van der Waals surface area (Å²) in [7, 11) is -2.50. The number of rotatable bonds is 7. The highest BCUT2D eigenvalue weighted by Gasteiger charge is 2.20. The zero-order valence-electron chi connectivity index (χ0n) is 9.10. The minimum Gasteiger partial charge on any atom is -0.481 e. The van der Waals surface area contributed by atoms with Crippen LogP contribution in [0.1, 0.15) is 19.8 Å². The summed E-state index contributed by atoms with van der Waals surface area (Å²) in [4.78, 5) is 21.1. The molecule has 16 heavy (non-hydrogen) atoms. The molecule has 0 amide bonds. The summed E-state index contributed by atoms with van der Waals surface area (Å²) >= 11 is 0. The Balaban J connectivity index is 4.15. The fourth-order valence-corrected chi connectivity index (χ4v) is 2.24. The molecule has 0 aliphatic carbocycles. The van der Waals surface area contributed by atoms with E-state index in [-0.39, 0.29) is 18.6 Å². The quantitative estimate of drug-likeness (QED) is 0.582. The lowest BCUT2D eigenvalue weighted by atomic mass is 10.3. The number of carbonyl (C=O) groups is 2. The monoisotopic (exact) mass is 253 g/mol. The van der Waals surface area contributed by atoms with Gasteiger partial charge in [0.2, 0.25) is 10.0 Å². The SMILES string of the molecule is COC(=O)[C@H](C)NS(=O)(=O)CCCC(=O)O. The van der Waals surface area contributed by atoms with Crippen LogP contribution >= 0.6 is 0 Å². The molecule has 0 saturated carbocycles. The molecule has 0 aliphatic rings. The predicted octanol–water partition coefficient (Wildman–Crippen LogP) is -0.668. The van der Waals surface area contributed by atoms with Crippen LogP contribution in [0.3, 0.4) is 0 Å². The Morgan fingerprint density at radius 2 is 2.00 bits per heavy atom. The molecule has 0 spiro atoms. The predicted molar refractivity (Wildman–Crippen MR) is 55.3 cm³/mol. The molecule has 0 saturated heterocycles. The summed E-state index contributed by atoms with van der Waals surface area (Å²) in [6, 6.07) is -0.972. The maximum absolute atomic E-state index is 11.3. The molecule has 0 aliphatic heterocycles. The van der Waals surface area contributed by atoms with Gasteiger partial charge in [0.25, 0.3) is 0 Å². The van der Waals surface area contributed by atoms with E-state index >= 15 is 0 Å². The lowest BCUT2D eigenvalue weighted by molar-refractivity contribution is -0.142. The molecule has 94 valence electrons. The second kappa shape index (κ2) is 6.44.